The van der Waals surface area contributed by atoms with Crippen molar-refractivity contribution in [1.82, 2.24) is 4.59 Å². The maximum Gasteiger partial charge on any atom is 0.546 e. The molecule has 1 unspecified atom stereocenters. The molecule has 0 aromatic heterocycles. The van der Waals surface area contributed by atoms with Crippen LogP contribution < -0.4 is 4.59 Å². The van der Waals surface area contributed by atoms with Crippen molar-refractivity contribution in [1.29, 1.82) is 0 Å². The average molecular weight is 279 g/mol. The van der Waals surface area contributed by atoms with Gasteiger partial charge in [-0.2, -0.15) is 4.79 Å². The third-order valence-corrected chi connectivity index (χ3v) is 3.28. The summed E-state index contributed by atoms with van der Waals surface area (Å²) < 4.78 is 9.18. The lowest BCUT2D eigenvalue weighted by Crippen LogP contribution is -2.47. The van der Waals surface area contributed by atoms with Crippen molar-refractivity contribution in [3.63, 3.8) is 0 Å². The first kappa shape index (κ1) is 14.0. The molecule has 1 amide bonds. The minimum atomic E-state index is -1.10. The summed E-state index contributed by atoms with van der Waals surface area (Å²) in [5, 5.41) is 13.6. The molecule has 1 aliphatic rings. The van der Waals surface area contributed by atoms with Gasteiger partial charge in [-0.3, -0.25) is 0 Å². The lowest BCUT2D eigenvalue weighted by atomic mass is 10.1. The molecule has 1 aromatic carbocycles. The Labute approximate surface area is 115 Å². The van der Waals surface area contributed by atoms with E-state index in [-0.39, 0.29) is 12.4 Å². The molecule has 0 radical (unpaired) electrons. The van der Waals surface area contributed by atoms with E-state index in [9.17, 15) is 14.7 Å². The lowest BCUT2D eigenvalue weighted by Gasteiger charge is -2.20. The maximum absolute atomic E-state index is 11.6. The van der Waals surface area contributed by atoms with Crippen LogP contribution in [0.15, 0.2) is 23.3 Å². The summed E-state index contributed by atoms with van der Waals surface area (Å²) in [6.45, 7) is 1.95. The smallest absolute Gasteiger partial charge is 0.477 e. The molecule has 0 saturated heterocycles. The molecule has 106 valence electrons. The molecule has 20 heavy (non-hydrogen) atoms. The second kappa shape index (κ2) is 4.93. The van der Waals surface area contributed by atoms with Crippen LogP contribution in [-0.4, -0.2) is 43.8 Å². The molecule has 1 aromatic rings. The molecule has 1 heterocycles. The number of fused-ring (bicyclic) bond motifs is 1. The number of benzene rings is 1. The van der Waals surface area contributed by atoms with Crippen LogP contribution in [0.4, 0.5) is 10.5 Å². The highest BCUT2D eigenvalue weighted by molar-refractivity contribution is 6.08. The Hall–Kier alpha value is -2.41. The summed E-state index contributed by atoms with van der Waals surface area (Å²) in [5.41, 5.74) is 1.27. The standard InChI is InChI=1S/C13H14N2O5/c1-4-15(13(17)18)10-6-5-8(12(16)20-3)7-9(10)11(14-15)19-2/h5-7H,4H2,1-3H3/p+1. The van der Waals surface area contributed by atoms with Gasteiger partial charge in [-0.25, -0.2) is 4.79 Å². The Bertz CT molecular complexity index is 611. The summed E-state index contributed by atoms with van der Waals surface area (Å²) >= 11 is 0. The maximum atomic E-state index is 11.6. The van der Waals surface area contributed by atoms with Gasteiger partial charge in [-0.15, -0.1) is 0 Å². The number of amides is 1. The first-order chi connectivity index (χ1) is 9.50. The molecule has 0 spiro atoms. The number of nitrogens with zero attached hydrogens (tertiary/aromatic N) is 2. The molecule has 0 saturated carbocycles. The number of quaternary nitrogens is 1. The van der Waals surface area contributed by atoms with Gasteiger partial charge in [0.2, 0.25) is 0 Å². The lowest BCUT2D eigenvalue weighted by molar-refractivity contribution is 0.0600. The van der Waals surface area contributed by atoms with Crippen LogP contribution in [0.1, 0.15) is 22.8 Å². The quantitative estimate of drug-likeness (QED) is 0.659. The van der Waals surface area contributed by atoms with Crippen LogP contribution in [0.5, 0.6) is 0 Å². The molecule has 2 rings (SSSR count). The summed E-state index contributed by atoms with van der Waals surface area (Å²) in [4.78, 5) is 23.1. The normalized spacial score (nSPS) is 20.1. The molecule has 1 N–H and O–H groups in total. The van der Waals surface area contributed by atoms with Crippen molar-refractivity contribution in [3.8, 4) is 0 Å². The molecule has 0 fully saturated rings. The van der Waals surface area contributed by atoms with Gasteiger partial charge in [0, 0.05) is 6.07 Å². The van der Waals surface area contributed by atoms with Gasteiger partial charge in [-0.1, -0.05) is 4.59 Å². The SMILES string of the molecule is CC[N+]1(C(=O)O)N=C(OC)c2cc(C(=O)OC)ccc21. The van der Waals surface area contributed by atoms with Crippen molar-refractivity contribution >= 4 is 23.6 Å². The van der Waals surface area contributed by atoms with E-state index in [1.807, 2.05) is 0 Å². The Morgan fingerprint density at radius 2 is 2.05 bits per heavy atom. The molecule has 7 heteroatoms. The predicted octanol–water partition coefficient (Wildman–Crippen LogP) is 1.80. The molecule has 0 bridgehead atoms. The van der Waals surface area contributed by atoms with Gasteiger partial charge in [0.25, 0.3) is 5.90 Å². The molecular weight excluding hydrogens is 264 g/mol. The van der Waals surface area contributed by atoms with Crippen LogP contribution in [0.2, 0.25) is 0 Å². The number of methoxy groups -OCH3 is 2. The summed E-state index contributed by atoms with van der Waals surface area (Å²) in [6.07, 6.45) is -1.10. The van der Waals surface area contributed by atoms with E-state index in [0.717, 1.165) is 0 Å². The predicted molar refractivity (Wildman–Crippen MR) is 71.7 cm³/mol. The van der Waals surface area contributed by atoms with E-state index in [4.69, 9.17) is 4.74 Å². The number of carbonyl (C=O) groups is 2. The zero-order chi connectivity index (χ0) is 14.9. The minimum absolute atomic E-state index is 0.190. The van der Waals surface area contributed by atoms with Gasteiger partial charge < -0.3 is 14.6 Å². The van der Waals surface area contributed by atoms with E-state index in [0.29, 0.717) is 16.8 Å². The Morgan fingerprint density at radius 3 is 2.55 bits per heavy atom. The van der Waals surface area contributed by atoms with Crippen molar-refractivity contribution in [2.24, 2.45) is 5.10 Å². The third kappa shape index (κ3) is 1.83. The van der Waals surface area contributed by atoms with Crippen molar-refractivity contribution in [3.05, 3.63) is 29.3 Å². The van der Waals surface area contributed by atoms with Crippen LogP contribution in [0.25, 0.3) is 0 Å². The fraction of sp³-hybridized carbons (Fsp3) is 0.308. The second-order valence-corrected chi connectivity index (χ2v) is 4.20. The first-order valence-electron chi connectivity index (χ1n) is 5.99. The van der Waals surface area contributed by atoms with E-state index < -0.39 is 16.7 Å². The van der Waals surface area contributed by atoms with Crippen LogP contribution in [0, 0.1) is 0 Å². The van der Waals surface area contributed by atoms with Gasteiger partial charge in [0.1, 0.15) is 12.1 Å². The topological polar surface area (TPSA) is 85.2 Å². The van der Waals surface area contributed by atoms with Gasteiger partial charge in [-0.05, 0) is 24.2 Å². The number of ether oxygens (including phenoxy) is 2. The highest BCUT2D eigenvalue weighted by Gasteiger charge is 2.48. The average Bonchev–Trinajstić information content (AvgIpc) is 2.80. The fourth-order valence-corrected chi connectivity index (χ4v) is 2.21. The molecule has 7 nitrogen and oxygen atoms in total. The van der Waals surface area contributed by atoms with Crippen LogP contribution in [-0.2, 0) is 9.47 Å². The third-order valence-electron chi connectivity index (χ3n) is 3.28. The van der Waals surface area contributed by atoms with E-state index in [1.165, 1.54) is 26.4 Å². The van der Waals surface area contributed by atoms with Crippen molar-refractivity contribution in [2.75, 3.05) is 20.8 Å². The first-order valence-corrected chi connectivity index (χ1v) is 5.99. The van der Waals surface area contributed by atoms with E-state index in [2.05, 4.69) is 9.84 Å². The fourth-order valence-electron chi connectivity index (χ4n) is 2.21. The Kier molecular flexibility index (Phi) is 3.46. The number of carboxylic acid groups (broad SMARTS) is 1. The van der Waals surface area contributed by atoms with Crippen molar-refractivity contribution in [2.45, 2.75) is 6.92 Å². The number of carbonyl (C=O) groups excluding carboxylic acids is 1. The van der Waals surface area contributed by atoms with Crippen LogP contribution >= 0.6 is 0 Å². The monoisotopic (exact) mass is 279 g/mol. The molecular formula is C13H15N2O5+. The minimum Gasteiger partial charge on any atom is -0.477 e. The summed E-state index contributed by atoms with van der Waals surface area (Å²) in [5.74, 6) is -0.310. The summed E-state index contributed by atoms with van der Waals surface area (Å²) in [6, 6.07) is 4.61. The zero-order valence-electron chi connectivity index (χ0n) is 11.4. The molecule has 0 aliphatic carbocycles. The number of hydrogen-bond acceptors (Lipinski definition) is 5. The van der Waals surface area contributed by atoms with E-state index in [1.54, 1.807) is 13.0 Å². The zero-order valence-corrected chi connectivity index (χ0v) is 11.4. The van der Waals surface area contributed by atoms with Crippen LogP contribution in [0.3, 0.4) is 0 Å². The number of rotatable bonds is 2. The van der Waals surface area contributed by atoms with Crippen molar-refractivity contribution < 1.29 is 24.2 Å². The highest BCUT2D eigenvalue weighted by Crippen LogP contribution is 2.36. The number of esters is 1. The Morgan fingerprint density at radius 1 is 1.35 bits per heavy atom. The Balaban J connectivity index is 2.64. The second-order valence-electron chi connectivity index (χ2n) is 4.20. The highest BCUT2D eigenvalue weighted by atomic mass is 16.5. The van der Waals surface area contributed by atoms with Gasteiger partial charge in [0.05, 0.1) is 19.8 Å². The number of hydrogen-bond donors (Lipinski definition) is 1. The van der Waals surface area contributed by atoms with E-state index >= 15 is 0 Å². The largest absolute Gasteiger partial charge is 0.546 e. The molecule has 1 aliphatic heterocycles. The van der Waals surface area contributed by atoms with Gasteiger partial charge in [0.15, 0.2) is 5.69 Å². The van der Waals surface area contributed by atoms with Gasteiger partial charge >= 0.3 is 12.1 Å². The molecule has 1 atom stereocenters. The summed E-state index contributed by atoms with van der Waals surface area (Å²) in [7, 11) is 2.69.